The lowest BCUT2D eigenvalue weighted by Gasteiger charge is -2.28. The van der Waals surface area contributed by atoms with Gasteiger partial charge in [0.15, 0.2) is 17.0 Å². The van der Waals surface area contributed by atoms with E-state index in [4.69, 9.17) is 9.47 Å². The fourth-order valence-electron chi connectivity index (χ4n) is 2.43. The van der Waals surface area contributed by atoms with E-state index >= 15 is 0 Å². The van der Waals surface area contributed by atoms with Crippen LogP contribution in [-0.4, -0.2) is 59.4 Å². The van der Waals surface area contributed by atoms with Crippen LogP contribution in [0, 0.1) is 0 Å². The fraction of sp³-hybridized carbons (Fsp3) is 0.615. The average Bonchev–Trinajstić information content (AvgIpc) is 2.91. The smallest absolute Gasteiger partial charge is 0.320 e. The van der Waals surface area contributed by atoms with Crippen molar-refractivity contribution in [3.05, 3.63) is 6.33 Å². The van der Waals surface area contributed by atoms with Crippen molar-refractivity contribution in [2.75, 3.05) is 44.8 Å². The second kappa shape index (κ2) is 6.23. The van der Waals surface area contributed by atoms with Crippen molar-refractivity contribution in [2.24, 2.45) is 0 Å². The maximum Gasteiger partial charge on any atom is 0.320 e. The summed E-state index contributed by atoms with van der Waals surface area (Å²) in [6.45, 7) is 6.53. The van der Waals surface area contributed by atoms with Crippen molar-refractivity contribution in [2.45, 2.75) is 13.7 Å². The van der Waals surface area contributed by atoms with Gasteiger partial charge in [-0.3, -0.25) is 4.57 Å². The molecule has 114 valence electrons. The average molecular weight is 292 g/mol. The SMILES string of the molecule is CCOc1nc(N2CCNCC2)c2ncn(COC)c2n1. The minimum absolute atomic E-state index is 0.386. The molecular formula is C13H20N6O2. The highest BCUT2D eigenvalue weighted by Gasteiger charge is 2.20. The lowest BCUT2D eigenvalue weighted by atomic mass is 10.3. The first-order valence-electron chi connectivity index (χ1n) is 7.13. The van der Waals surface area contributed by atoms with E-state index in [9.17, 15) is 0 Å². The maximum atomic E-state index is 5.50. The zero-order valence-corrected chi connectivity index (χ0v) is 12.4. The van der Waals surface area contributed by atoms with Gasteiger partial charge < -0.3 is 19.7 Å². The van der Waals surface area contributed by atoms with Gasteiger partial charge in [0.1, 0.15) is 6.73 Å². The number of nitrogens with one attached hydrogen (secondary N) is 1. The van der Waals surface area contributed by atoms with Crippen LogP contribution in [0.1, 0.15) is 6.92 Å². The summed E-state index contributed by atoms with van der Waals surface area (Å²) in [4.78, 5) is 15.6. The topological polar surface area (TPSA) is 77.3 Å². The normalized spacial score (nSPS) is 15.6. The quantitative estimate of drug-likeness (QED) is 0.845. The summed E-state index contributed by atoms with van der Waals surface area (Å²) in [6.07, 6.45) is 1.73. The third kappa shape index (κ3) is 2.77. The van der Waals surface area contributed by atoms with Gasteiger partial charge in [0, 0.05) is 33.3 Å². The molecule has 8 heteroatoms. The molecule has 0 aromatic carbocycles. The molecule has 1 aliphatic heterocycles. The summed E-state index contributed by atoms with van der Waals surface area (Å²) in [5.41, 5.74) is 1.53. The van der Waals surface area contributed by atoms with E-state index in [-0.39, 0.29) is 0 Å². The third-order valence-electron chi connectivity index (χ3n) is 3.38. The number of anilines is 1. The summed E-state index contributed by atoms with van der Waals surface area (Å²) >= 11 is 0. The molecule has 0 radical (unpaired) electrons. The Morgan fingerprint density at radius 1 is 1.29 bits per heavy atom. The van der Waals surface area contributed by atoms with Crippen molar-refractivity contribution < 1.29 is 9.47 Å². The minimum atomic E-state index is 0.386. The van der Waals surface area contributed by atoms with E-state index in [1.54, 1.807) is 13.4 Å². The largest absolute Gasteiger partial charge is 0.464 e. The number of imidazole rings is 1. The zero-order chi connectivity index (χ0) is 14.7. The molecule has 0 unspecified atom stereocenters. The van der Waals surface area contributed by atoms with Crippen LogP contribution in [0.25, 0.3) is 11.2 Å². The Bertz CT molecular complexity index is 608. The van der Waals surface area contributed by atoms with Crippen molar-refractivity contribution in [1.29, 1.82) is 0 Å². The molecule has 0 bridgehead atoms. The zero-order valence-electron chi connectivity index (χ0n) is 12.4. The number of hydrogen-bond acceptors (Lipinski definition) is 7. The minimum Gasteiger partial charge on any atom is -0.464 e. The van der Waals surface area contributed by atoms with Crippen LogP contribution < -0.4 is 15.0 Å². The molecule has 8 nitrogen and oxygen atoms in total. The Hall–Kier alpha value is -1.93. The number of ether oxygens (including phenoxy) is 2. The Morgan fingerprint density at radius 3 is 2.81 bits per heavy atom. The number of aromatic nitrogens is 4. The molecule has 0 amide bonds. The first-order chi connectivity index (χ1) is 10.3. The monoisotopic (exact) mass is 292 g/mol. The highest BCUT2D eigenvalue weighted by Crippen LogP contribution is 2.25. The van der Waals surface area contributed by atoms with Gasteiger partial charge in [-0.25, -0.2) is 4.98 Å². The summed E-state index contributed by atoms with van der Waals surface area (Å²) in [5, 5.41) is 3.34. The molecule has 1 aliphatic rings. The van der Waals surface area contributed by atoms with Crippen LogP contribution in [0.2, 0.25) is 0 Å². The molecule has 0 spiro atoms. The molecule has 2 aromatic heterocycles. The van der Waals surface area contributed by atoms with Crippen LogP contribution in [0.3, 0.4) is 0 Å². The van der Waals surface area contributed by atoms with E-state index in [2.05, 4.69) is 25.2 Å². The van der Waals surface area contributed by atoms with E-state index in [0.29, 0.717) is 19.3 Å². The van der Waals surface area contributed by atoms with Crippen molar-refractivity contribution >= 4 is 17.0 Å². The second-order valence-electron chi connectivity index (χ2n) is 4.80. The van der Waals surface area contributed by atoms with Gasteiger partial charge >= 0.3 is 6.01 Å². The molecule has 21 heavy (non-hydrogen) atoms. The Kier molecular flexibility index (Phi) is 4.16. The summed E-state index contributed by atoms with van der Waals surface area (Å²) < 4.78 is 12.5. The van der Waals surface area contributed by atoms with Gasteiger partial charge in [-0.2, -0.15) is 9.97 Å². The lowest BCUT2D eigenvalue weighted by molar-refractivity contribution is 0.134. The van der Waals surface area contributed by atoms with Crippen LogP contribution in [0.4, 0.5) is 5.82 Å². The molecule has 0 saturated carbocycles. The highest BCUT2D eigenvalue weighted by atomic mass is 16.5. The summed E-state index contributed by atoms with van der Waals surface area (Å²) in [5.74, 6) is 0.833. The van der Waals surface area contributed by atoms with Crippen LogP contribution in [0.5, 0.6) is 6.01 Å². The predicted octanol–water partition coefficient (Wildman–Crippen LogP) is 0.238. The first kappa shape index (κ1) is 14.0. The van der Waals surface area contributed by atoms with Crippen molar-refractivity contribution in [1.82, 2.24) is 24.8 Å². The molecule has 2 aromatic rings. The van der Waals surface area contributed by atoms with Crippen LogP contribution in [0.15, 0.2) is 6.33 Å². The van der Waals surface area contributed by atoms with Crippen LogP contribution in [-0.2, 0) is 11.5 Å². The van der Waals surface area contributed by atoms with E-state index in [1.165, 1.54) is 0 Å². The highest BCUT2D eigenvalue weighted by molar-refractivity contribution is 5.84. The number of fused-ring (bicyclic) bond motifs is 1. The first-order valence-corrected chi connectivity index (χ1v) is 7.13. The van der Waals surface area contributed by atoms with E-state index < -0.39 is 0 Å². The van der Waals surface area contributed by atoms with Gasteiger partial charge in [0.2, 0.25) is 0 Å². The Labute approximate surface area is 123 Å². The summed E-state index contributed by atoms with van der Waals surface area (Å²) in [7, 11) is 1.65. The maximum absolute atomic E-state index is 5.50. The standard InChI is InChI=1S/C13H20N6O2/c1-3-21-13-16-11(18-6-4-14-5-7-18)10-12(17-13)19(8-15-10)9-20-2/h8,14H,3-7,9H2,1-2H3. The van der Waals surface area contributed by atoms with Gasteiger partial charge in [0.05, 0.1) is 12.9 Å². The van der Waals surface area contributed by atoms with E-state index in [0.717, 1.165) is 43.2 Å². The molecule has 0 atom stereocenters. The summed E-state index contributed by atoms with van der Waals surface area (Å²) in [6, 6.07) is 0.386. The molecule has 3 heterocycles. The molecular weight excluding hydrogens is 272 g/mol. The molecule has 1 saturated heterocycles. The Balaban J connectivity index is 2.07. The lowest BCUT2D eigenvalue weighted by Crippen LogP contribution is -2.44. The number of rotatable bonds is 5. The molecule has 0 aliphatic carbocycles. The molecule has 1 N–H and O–H groups in total. The van der Waals surface area contributed by atoms with Crippen molar-refractivity contribution in [3.8, 4) is 6.01 Å². The van der Waals surface area contributed by atoms with Gasteiger partial charge in [0.25, 0.3) is 0 Å². The second-order valence-corrected chi connectivity index (χ2v) is 4.80. The Morgan fingerprint density at radius 2 is 2.10 bits per heavy atom. The van der Waals surface area contributed by atoms with E-state index in [1.807, 2.05) is 11.5 Å². The number of nitrogens with zero attached hydrogens (tertiary/aromatic N) is 5. The molecule has 1 fully saturated rings. The van der Waals surface area contributed by atoms with Gasteiger partial charge in [-0.1, -0.05) is 0 Å². The fourth-order valence-corrected chi connectivity index (χ4v) is 2.43. The van der Waals surface area contributed by atoms with Gasteiger partial charge in [-0.15, -0.1) is 0 Å². The van der Waals surface area contributed by atoms with Crippen molar-refractivity contribution in [3.63, 3.8) is 0 Å². The van der Waals surface area contributed by atoms with Gasteiger partial charge in [-0.05, 0) is 6.92 Å². The van der Waals surface area contributed by atoms with Crippen LogP contribution >= 0.6 is 0 Å². The number of hydrogen-bond donors (Lipinski definition) is 1. The number of piperazine rings is 1. The number of methoxy groups -OCH3 is 1. The third-order valence-corrected chi connectivity index (χ3v) is 3.38. The molecule has 3 rings (SSSR count). The predicted molar refractivity (Wildman–Crippen MR) is 78.6 cm³/mol.